The quantitative estimate of drug-likeness (QED) is 0.00238. The summed E-state index contributed by atoms with van der Waals surface area (Å²) in [6.07, 6.45) is 16.2. The SMILES string of the molecule is C=CC(=O)OCCCCOc1ccc(/C=C/C(=O)O)cc1.C=CC(=O)OCCCCOc1ccc(/C=C/C(=O)Oc2ccc(/C(C)=N/N=C(\C)c3ccc(OC(=O)/C=C/c4ccc(OCCCCOC(=O)C=C)cc4)c(OC)c3)cc2OC)cc1.COc1cc(/C(C)=N/N=C(\C)c2ccc(O)c(OC)c2)ccc1O.COc1cc(C(C)=O)ccc1O.NN.O. The van der Waals surface area contributed by atoms with E-state index in [1.165, 1.54) is 72.8 Å². The second-order valence-corrected chi connectivity index (χ2v) is 25.4. The van der Waals surface area contributed by atoms with Crippen LogP contribution < -0.4 is 59.1 Å². The Morgan fingerprint density at radius 2 is 0.581 bits per heavy atom. The topological polar surface area (TPSA) is 453 Å². The number of hydrogen-bond donors (Lipinski definition) is 6. The number of carbonyl (C=O) groups excluding carboxylic acids is 6. The van der Waals surface area contributed by atoms with Gasteiger partial charge in [0, 0.05) is 64.3 Å². The summed E-state index contributed by atoms with van der Waals surface area (Å²) in [5.74, 6) is 8.96. The number of ketones is 1. The van der Waals surface area contributed by atoms with Gasteiger partial charge in [-0.3, -0.25) is 16.5 Å². The van der Waals surface area contributed by atoms with E-state index >= 15 is 0 Å². The number of Topliss-reactive ketones (excluding diaryl/α,β-unsaturated/α-hetero) is 1. The molecule has 0 aliphatic rings. The van der Waals surface area contributed by atoms with Gasteiger partial charge in [-0.15, -0.1) is 0 Å². The van der Waals surface area contributed by atoms with Crippen LogP contribution in [0.2, 0.25) is 0 Å². The molecular formula is C93H106N6O25. The van der Waals surface area contributed by atoms with Crippen molar-refractivity contribution >= 4 is 82.7 Å². The van der Waals surface area contributed by atoms with Crippen molar-refractivity contribution in [1.29, 1.82) is 0 Å². The number of nitrogens with two attached hydrogens (primary N) is 2. The maximum atomic E-state index is 12.7. The minimum Gasteiger partial charge on any atom is -0.504 e. The Bertz CT molecular complexity index is 4800. The molecule has 8 aromatic carbocycles. The summed E-state index contributed by atoms with van der Waals surface area (Å²) >= 11 is 0. The Labute approximate surface area is 720 Å². The number of aliphatic carboxylic acids is 1. The summed E-state index contributed by atoms with van der Waals surface area (Å²) in [6, 6.07) is 46.2. The molecule has 0 radical (unpaired) electrons. The highest BCUT2D eigenvalue weighted by atomic mass is 16.6. The summed E-state index contributed by atoms with van der Waals surface area (Å²) in [7, 11) is 7.38. The molecular weight excluding hydrogens is 1600 g/mol. The monoisotopic (exact) mass is 1710 g/mol. The van der Waals surface area contributed by atoms with E-state index in [9.17, 15) is 48.9 Å². The summed E-state index contributed by atoms with van der Waals surface area (Å²) < 4.78 is 68.8. The predicted molar refractivity (Wildman–Crippen MR) is 474 cm³/mol. The Kier molecular flexibility index (Phi) is 48.3. The molecule has 0 bridgehead atoms. The lowest BCUT2D eigenvalue weighted by atomic mass is 10.1. The standard InChI is InChI=1S/C50H52N2O12.C18H20N2O4.C16H18O5.C9H10O3.H4N2.H2O/c1-7-47(53)61-31-11-9-29-59-41-21-13-37(14-22-41)17-27-49(55)63-43-25-19-39(33-45(43)57-5)35(3)51-52-36(4)40-20-26-44(46(34-40)58-6)64-50(56)28-18-38-15-23-42(24-16-38)60-30-10-12-32-62-48(54)8-2;1-11(13-5-7-15(21)17(9-13)23-3)19-20-12(2)14-6-8-16(22)18(10-14)24-4;1-2-16(19)21-12-4-3-11-20-14-8-5-13(6-9-14)7-10-15(17)18;1-6(10)7-3-4-8(11)9(5-7)12-2;1-2;/h7-8,13-28,33-34H,1-2,9-12,29-32H2,3-6H3;5-10,21-22H,1-4H3;2,5-10H,1,3-4,11-12H2,(H,17,18);3-5,11H,1-2H3;1-2H2;1H2/b27-17+,28-18+,51-35+,52-36+;19-11+,20-12+;10-7+;;;. The third kappa shape index (κ3) is 38.8. The Morgan fingerprint density at radius 3 is 0.847 bits per heavy atom. The molecule has 0 saturated carbocycles. The minimum atomic E-state index is -0.979. The number of carbonyl (C=O) groups is 7. The fraction of sp³-hybridized carbons (Fsp3) is 0.237. The first-order valence-corrected chi connectivity index (χ1v) is 38.0. The van der Waals surface area contributed by atoms with Crippen molar-refractivity contribution in [1.82, 2.24) is 0 Å². The second-order valence-electron chi connectivity index (χ2n) is 25.4. The number of rotatable bonds is 41. The van der Waals surface area contributed by atoms with E-state index in [4.69, 9.17) is 66.7 Å². The maximum Gasteiger partial charge on any atom is 0.336 e. The lowest BCUT2D eigenvalue weighted by Crippen LogP contribution is -2.06. The molecule has 124 heavy (non-hydrogen) atoms. The average molecular weight is 1710 g/mol. The number of esters is 5. The van der Waals surface area contributed by atoms with E-state index in [1.54, 1.807) is 153 Å². The minimum absolute atomic E-state index is 0. The molecule has 31 heteroatoms. The van der Waals surface area contributed by atoms with Crippen molar-refractivity contribution in [3.05, 3.63) is 264 Å². The summed E-state index contributed by atoms with van der Waals surface area (Å²) in [5, 5.41) is 54.2. The fourth-order valence-electron chi connectivity index (χ4n) is 9.87. The van der Waals surface area contributed by atoms with Gasteiger partial charge in [-0.05, 0) is 235 Å². The highest BCUT2D eigenvalue weighted by molar-refractivity contribution is 6.04. The van der Waals surface area contributed by atoms with Gasteiger partial charge in [0.1, 0.15) is 17.2 Å². The van der Waals surface area contributed by atoms with Gasteiger partial charge < -0.3 is 87.5 Å². The summed E-state index contributed by atoms with van der Waals surface area (Å²) in [5.41, 5.74) is 8.35. The number of ether oxygens (including phenoxy) is 13. The van der Waals surface area contributed by atoms with Crippen LogP contribution in [0.25, 0.3) is 18.2 Å². The van der Waals surface area contributed by atoms with Gasteiger partial charge in [-0.2, -0.15) is 20.4 Å². The number of methoxy groups -OCH3 is 5. The van der Waals surface area contributed by atoms with Crippen LogP contribution in [-0.2, 0) is 43.0 Å². The van der Waals surface area contributed by atoms with E-state index in [1.807, 2.05) is 38.1 Å². The lowest BCUT2D eigenvalue weighted by Gasteiger charge is -2.10. The molecule has 0 aliphatic heterocycles. The third-order valence-corrected chi connectivity index (χ3v) is 16.6. The van der Waals surface area contributed by atoms with E-state index in [2.05, 4.69) is 51.8 Å². The highest BCUT2D eigenvalue weighted by Gasteiger charge is 2.15. The van der Waals surface area contributed by atoms with Gasteiger partial charge in [0.2, 0.25) is 0 Å². The van der Waals surface area contributed by atoms with E-state index < -0.39 is 35.8 Å². The number of benzene rings is 8. The second kappa shape index (κ2) is 58.0. The molecule has 0 heterocycles. The Morgan fingerprint density at radius 1 is 0.331 bits per heavy atom. The first kappa shape index (κ1) is 103. The van der Waals surface area contributed by atoms with Gasteiger partial charge in [0.25, 0.3) is 0 Å². The number of phenolic OH excluding ortho intramolecular Hbond substituents is 3. The smallest absolute Gasteiger partial charge is 0.336 e. The van der Waals surface area contributed by atoms with Gasteiger partial charge in [0.15, 0.2) is 63.3 Å². The fourth-order valence-corrected chi connectivity index (χ4v) is 9.87. The van der Waals surface area contributed by atoms with Crippen molar-refractivity contribution in [3.8, 4) is 74.7 Å². The molecule has 0 spiro atoms. The van der Waals surface area contributed by atoms with Crippen molar-refractivity contribution in [3.63, 3.8) is 0 Å². The van der Waals surface area contributed by atoms with Gasteiger partial charge in [-0.25, -0.2) is 28.8 Å². The van der Waals surface area contributed by atoms with Crippen LogP contribution in [0, 0.1) is 0 Å². The number of carboxylic acids is 1. The third-order valence-electron chi connectivity index (χ3n) is 16.6. The number of aromatic hydroxyl groups is 3. The number of phenols is 3. The van der Waals surface area contributed by atoms with Crippen LogP contribution in [0.1, 0.15) is 122 Å². The molecule has 0 aromatic heterocycles. The zero-order valence-electron chi connectivity index (χ0n) is 70.8. The molecule has 0 atom stereocenters. The largest absolute Gasteiger partial charge is 0.504 e. The van der Waals surface area contributed by atoms with Crippen molar-refractivity contribution in [2.75, 3.05) is 75.2 Å². The molecule has 0 fully saturated rings. The van der Waals surface area contributed by atoms with Crippen LogP contribution >= 0.6 is 0 Å². The van der Waals surface area contributed by atoms with Crippen LogP contribution in [-0.4, -0.2) is 166 Å². The van der Waals surface area contributed by atoms with Crippen molar-refractivity contribution in [2.24, 2.45) is 32.1 Å². The van der Waals surface area contributed by atoms with E-state index in [-0.39, 0.29) is 40.0 Å². The molecule has 0 amide bonds. The zero-order chi connectivity index (χ0) is 90.4. The van der Waals surface area contributed by atoms with Crippen LogP contribution in [0.4, 0.5) is 0 Å². The normalized spacial score (nSPS) is 11.0. The zero-order valence-corrected chi connectivity index (χ0v) is 70.8. The summed E-state index contributed by atoms with van der Waals surface area (Å²) in [4.78, 5) is 79.6. The average Bonchev–Trinajstić information content (AvgIpc) is 0.836. The number of hydrogen-bond acceptors (Lipinski definition) is 29. The van der Waals surface area contributed by atoms with Gasteiger partial charge >= 0.3 is 35.8 Å². The molecule has 0 unspecified atom stereocenters. The summed E-state index contributed by atoms with van der Waals surface area (Å²) in [6.45, 7) is 21.1. The molecule has 0 saturated heterocycles. The predicted octanol–water partition coefficient (Wildman–Crippen LogP) is 14.6. The maximum absolute atomic E-state index is 12.7. The van der Waals surface area contributed by atoms with Crippen LogP contribution in [0.5, 0.6) is 74.7 Å². The lowest BCUT2D eigenvalue weighted by molar-refractivity contribution is -0.138. The molecule has 31 nitrogen and oxygen atoms in total. The molecule has 8 aromatic rings. The first-order valence-electron chi connectivity index (χ1n) is 38.0. The van der Waals surface area contributed by atoms with Crippen LogP contribution in [0.3, 0.4) is 0 Å². The van der Waals surface area contributed by atoms with Gasteiger partial charge in [-0.1, -0.05) is 56.1 Å². The first-order chi connectivity index (χ1) is 59.2. The Hall–Kier alpha value is -15.0. The molecule has 658 valence electrons. The van der Waals surface area contributed by atoms with E-state index in [0.29, 0.717) is 138 Å². The van der Waals surface area contributed by atoms with E-state index in [0.717, 1.165) is 77.8 Å². The Balaban J connectivity index is 0.000000531. The van der Waals surface area contributed by atoms with Crippen molar-refractivity contribution < 1.29 is 121 Å². The highest BCUT2D eigenvalue weighted by Crippen LogP contribution is 2.33. The molecule has 0 aliphatic carbocycles. The number of unbranched alkanes of at least 4 members (excludes halogenated alkanes) is 3. The molecule has 10 N–H and O–H groups in total. The number of hydrazine groups is 1. The van der Waals surface area contributed by atoms with Crippen LogP contribution in [0.15, 0.2) is 240 Å². The number of nitrogens with zero attached hydrogens (tertiary/aromatic N) is 4. The van der Waals surface area contributed by atoms with Crippen molar-refractivity contribution in [2.45, 2.75) is 73.1 Å². The molecule has 8 rings (SSSR count). The van der Waals surface area contributed by atoms with Gasteiger partial charge in [0.05, 0.1) is 98.0 Å². The number of carboxylic acid groups (broad SMARTS) is 1.